The molecule has 5 N–H and O–H groups in total. The topological polar surface area (TPSA) is 136 Å². The van der Waals surface area contributed by atoms with Crippen LogP contribution in [0.15, 0.2) is 23.2 Å². The van der Waals surface area contributed by atoms with Crippen molar-refractivity contribution in [2.75, 3.05) is 13.1 Å². The van der Waals surface area contributed by atoms with Gasteiger partial charge in [0.2, 0.25) is 11.4 Å². The van der Waals surface area contributed by atoms with Crippen LogP contribution in [0.3, 0.4) is 0 Å². The van der Waals surface area contributed by atoms with Crippen LogP contribution in [-0.2, 0) is 11.3 Å². The van der Waals surface area contributed by atoms with E-state index in [2.05, 4.69) is 9.98 Å². The van der Waals surface area contributed by atoms with E-state index in [1.165, 1.54) is 16.2 Å². The Labute approximate surface area is 172 Å². The van der Waals surface area contributed by atoms with Crippen LogP contribution < -0.4 is 16.2 Å². The molecule has 1 aromatic carbocycles. The van der Waals surface area contributed by atoms with Gasteiger partial charge < -0.3 is 30.9 Å². The van der Waals surface area contributed by atoms with E-state index in [-0.39, 0.29) is 18.2 Å². The Bertz CT molecular complexity index is 948. The zero-order valence-electron chi connectivity index (χ0n) is 16.0. The molecule has 2 aliphatic heterocycles. The van der Waals surface area contributed by atoms with Gasteiger partial charge in [0.1, 0.15) is 5.75 Å². The van der Waals surface area contributed by atoms with Crippen LogP contribution >= 0.6 is 11.3 Å². The van der Waals surface area contributed by atoms with Crippen LogP contribution in [0, 0.1) is 12.8 Å². The molecule has 1 amide bonds. The van der Waals surface area contributed by atoms with Crippen molar-refractivity contribution in [3.05, 3.63) is 29.5 Å². The maximum absolute atomic E-state index is 11.1. The normalized spacial score (nSPS) is 19.3. The van der Waals surface area contributed by atoms with Crippen molar-refractivity contribution in [3.63, 3.8) is 0 Å². The second kappa shape index (κ2) is 7.88. The SMILES string of the molecule is Cc1nc(N=C(N)N)sc1-c1ccc2c(c1)COC(C1CCN(C(=O)O)CC1)O2. The maximum atomic E-state index is 11.1. The van der Waals surface area contributed by atoms with Gasteiger partial charge in [-0.15, -0.1) is 0 Å². The molecular weight excluding hydrogens is 394 g/mol. The van der Waals surface area contributed by atoms with Crippen molar-refractivity contribution in [3.8, 4) is 16.2 Å². The quantitative estimate of drug-likeness (QED) is 0.516. The summed E-state index contributed by atoms with van der Waals surface area (Å²) < 4.78 is 12.1. The van der Waals surface area contributed by atoms with Crippen LogP contribution in [0.1, 0.15) is 24.1 Å². The van der Waals surface area contributed by atoms with Crippen molar-refractivity contribution in [2.45, 2.75) is 32.7 Å². The number of carboxylic acid groups (broad SMARTS) is 1. The van der Waals surface area contributed by atoms with E-state index in [1.807, 2.05) is 25.1 Å². The van der Waals surface area contributed by atoms with Crippen molar-refractivity contribution in [2.24, 2.45) is 22.4 Å². The molecule has 9 nitrogen and oxygen atoms in total. The first-order valence-corrected chi connectivity index (χ1v) is 10.2. The monoisotopic (exact) mass is 417 g/mol. The van der Waals surface area contributed by atoms with E-state index in [0.29, 0.717) is 24.8 Å². The zero-order valence-corrected chi connectivity index (χ0v) is 16.8. The molecule has 0 saturated carbocycles. The molecule has 1 aromatic heterocycles. The fraction of sp³-hybridized carbons (Fsp3) is 0.421. The lowest BCUT2D eigenvalue weighted by Gasteiger charge is -2.36. The van der Waals surface area contributed by atoms with Gasteiger partial charge >= 0.3 is 6.09 Å². The summed E-state index contributed by atoms with van der Waals surface area (Å²) in [7, 11) is 0. The Morgan fingerprint density at radius 2 is 2.10 bits per heavy atom. The third-order valence-corrected chi connectivity index (χ3v) is 6.27. The lowest BCUT2D eigenvalue weighted by molar-refractivity contribution is -0.148. The number of thiazole rings is 1. The number of nitrogens with two attached hydrogens (primary N) is 2. The summed E-state index contributed by atoms with van der Waals surface area (Å²) in [4.78, 5) is 21.9. The molecule has 0 bridgehead atoms. The average Bonchev–Trinajstić information content (AvgIpc) is 3.06. The van der Waals surface area contributed by atoms with Gasteiger partial charge in [-0.1, -0.05) is 11.3 Å². The van der Waals surface area contributed by atoms with Crippen molar-refractivity contribution < 1.29 is 19.4 Å². The van der Waals surface area contributed by atoms with Crippen molar-refractivity contribution >= 4 is 28.5 Å². The molecule has 1 fully saturated rings. The number of carbonyl (C=O) groups is 1. The van der Waals surface area contributed by atoms with Crippen LogP contribution in [0.5, 0.6) is 5.75 Å². The van der Waals surface area contributed by atoms with Crippen LogP contribution in [0.25, 0.3) is 10.4 Å². The van der Waals surface area contributed by atoms with Gasteiger partial charge in [0.15, 0.2) is 5.96 Å². The van der Waals surface area contributed by atoms with E-state index >= 15 is 0 Å². The number of fused-ring (bicyclic) bond motifs is 1. The third-order valence-electron chi connectivity index (χ3n) is 5.17. The minimum atomic E-state index is -0.867. The number of likely N-dealkylation sites (tertiary alicyclic amines) is 1. The first-order valence-electron chi connectivity index (χ1n) is 9.37. The Morgan fingerprint density at radius 1 is 1.34 bits per heavy atom. The van der Waals surface area contributed by atoms with Gasteiger partial charge in [-0.25, -0.2) is 9.78 Å². The fourth-order valence-electron chi connectivity index (χ4n) is 3.68. The van der Waals surface area contributed by atoms with Crippen LogP contribution in [0.2, 0.25) is 0 Å². The molecule has 2 aliphatic rings. The summed E-state index contributed by atoms with van der Waals surface area (Å²) in [6.45, 7) is 3.39. The van der Waals surface area contributed by atoms with Crippen LogP contribution in [-0.4, -0.2) is 46.4 Å². The molecule has 2 aromatic rings. The maximum Gasteiger partial charge on any atom is 0.407 e. The highest BCUT2D eigenvalue weighted by molar-refractivity contribution is 7.18. The number of benzene rings is 1. The molecule has 0 radical (unpaired) electrons. The summed E-state index contributed by atoms with van der Waals surface area (Å²) >= 11 is 1.42. The van der Waals surface area contributed by atoms with E-state index in [4.69, 9.17) is 26.0 Å². The van der Waals surface area contributed by atoms with Gasteiger partial charge in [0.05, 0.1) is 17.2 Å². The third kappa shape index (κ3) is 4.13. The molecule has 3 heterocycles. The summed E-state index contributed by atoms with van der Waals surface area (Å²) in [6.07, 6.45) is 0.256. The number of aryl methyl sites for hydroxylation is 1. The van der Waals surface area contributed by atoms with Crippen molar-refractivity contribution in [1.29, 1.82) is 0 Å². The summed E-state index contributed by atoms with van der Waals surface area (Å²) in [5.41, 5.74) is 13.7. The number of hydrogen-bond donors (Lipinski definition) is 3. The predicted molar refractivity (Wildman–Crippen MR) is 109 cm³/mol. The number of aromatic nitrogens is 1. The number of nitrogens with zero attached hydrogens (tertiary/aromatic N) is 3. The minimum Gasteiger partial charge on any atom is -0.465 e. The van der Waals surface area contributed by atoms with E-state index < -0.39 is 6.09 Å². The molecule has 1 atom stereocenters. The molecule has 0 spiro atoms. The Kier molecular flexibility index (Phi) is 5.29. The fourth-order valence-corrected chi connectivity index (χ4v) is 4.64. The van der Waals surface area contributed by atoms with E-state index in [0.717, 1.165) is 40.3 Å². The number of hydrogen-bond acceptors (Lipinski definition) is 6. The Hall–Kier alpha value is -2.85. The number of aliphatic imine (C=N–C) groups is 1. The Morgan fingerprint density at radius 3 is 2.79 bits per heavy atom. The highest BCUT2D eigenvalue weighted by Gasteiger charge is 2.33. The lowest BCUT2D eigenvalue weighted by Crippen LogP contribution is -2.43. The van der Waals surface area contributed by atoms with Gasteiger partial charge in [-0.3, -0.25) is 0 Å². The van der Waals surface area contributed by atoms with Gasteiger partial charge in [-0.05, 0) is 43.5 Å². The molecule has 1 saturated heterocycles. The standard InChI is InChI=1S/C19H23N5O4S/c1-10-15(29-18(22-10)23-17(20)21)12-2-3-14-13(8-12)9-27-16(28-14)11-4-6-24(7-5-11)19(25)26/h2-3,8,11,16H,4-7,9H2,1H3,(H,25,26)(H4,20,21,22,23). The summed E-state index contributed by atoms with van der Waals surface area (Å²) in [5.74, 6) is 0.972. The van der Waals surface area contributed by atoms with Gasteiger partial charge in [0, 0.05) is 24.6 Å². The first-order chi connectivity index (χ1) is 13.9. The first kappa shape index (κ1) is 19.5. The number of rotatable bonds is 3. The van der Waals surface area contributed by atoms with Crippen molar-refractivity contribution in [1.82, 2.24) is 9.88 Å². The highest BCUT2D eigenvalue weighted by atomic mass is 32.1. The molecule has 4 rings (SSSR count). The molecular formula is C19H23N5O4S. The second-order valence-electron chi connectivity index (χ2n) is 7.17. The number of amides is 1. The zero-order chi connectivity index (χ0) is 20.5. The smallest absolute Gasteiger partial charge is 0.407 e. The van der Waals surface area contributed by atoms with Crippen LogP contribution in [0.4, 0.5) is 9.93 Å². The van der Waals surface area contributed by atoms with Gasteiger partial charge in [0.25, 0.3) is 0 Å². The average molecular weight is 417 g/mol. The molecule has 10 heteroatoms. The summed E-state index contributed by atoms with van der Waals surface area (Å²) in [6, 6.07) is 5.98. The summed E-state index contributed by atoms with van der Waals surface area (Å²) in [5, 5.41) is 9.61. The van der Waals surface area contributed by atoms with E-state index in [1.54, 1.807) is 0 Å². The number of ether oxygens (including phenoxy) is 2. The largest absolute Gasteiger partial charge is 0.465 e. The molecule has 29 heavy (non-hydrogen) atoms. The predicted octanol–water partition coefficient (Wildman–Crippen LogP) is 2.65. The lowest BCUT2D eigenvalue weighted by atomic mass is 9.95. The Balaban J connectivity index is 1.47. The highest BCUT2D eigenvalue weighted by Crippen LogP contribution is 2.38. The van der Waals surface area contributed by atoms with Gasteiger partial charge in [-0.2, -0.15) is 4.99 Å². The van der Waals surface area contributed by atoms with E-state index in [9.17, 15) is 4.79 Å². The number of guanidine groups is 1. The number of piperidine rings is 1. The second-order valence-corrected chi connectivity index (χ2v) is 8.15. The minimum absolute atomic E-state index is 0.0160. The molecule has 154 valence electrons. The molecule has 0 aliphatic carbocycles. The molecule has 1 unspecified atom stereocenters.